The number of nitrogens with two attached hydrogens (primary N) is 1. The van der Waals surface area contributed by atoms with E-state index in [2.05, 4.69) is 10.7 Å². The first-order valence-corrected chi connectivity index (χ1v) is 15.5. The maximum atomic E-state index is 14.4. The van der Waals surface area contributed by atoms with Crippen molar-refractivity contribution in [3.63, 3.8) is 0 Å². The highest BCUT2D eigenvalue weighted by molar-refractivity contribution is 6.10. The van der Waals surface area contributed by atoms with Gasteiger partial charge >= 0.3 is 0 Å². The van der Waals surface area contributed by atoms with Crippen molar-refractivity contribution in [2.24, 2.45) is 22.8 Å². The van der Waals surface area contributed by atoms with E-state index in [1.165, 1.54) is 0 Å². The van der Waals surface area contributed by atoms with Crippen LogP contribution in [0.4, 0.5) is 5.69 Å². The number of hydrogen-bond donors (Lipinski definition) is 3. The number of anilines is 1. The predicted molar refractivity (Wildman–Crippen MR) is 175 cm³/mol. The molecule has 2 heterocycles. The molecule has 3 aromatic carbocycles. The fraction of sp³-hybridized carbons (Fsp3) is 0.382. The van der Waals surface area contributed by atoms with E-state index in [1.54, 1.807) is 28.4 Å². The largest absolute Gasteiger partial charge is 0.497 e. The molecule has 0 radical (unpaired) electrons. The summed E-state index contributed by atoms with van der Waals surface area (Å²) in [5, 5.41) is 10.1. The number of benzene rings is 3. The third-order valence-electron chi connectivity index (χ3n) is 8.80. The molecule has 0 spiro atoms. The number of ether oxygens (including phenoxy) is 7. The summed E-state index contributed by atoms with van der Waals surface area (Å²) in [6.07, 6.45) is 0.117. The summed E-state index contributed by atoms with van der Waals surface area (Å²) in [4.78, 5) is 25.9. The minimum Gasteiger partial charge on any atom is -0.497 e. The zero-order valence-corrected chi connectivity index (χ0v) is 27.2. The van der Waals surface area contributed by atoms with Gasteiger partial charge in [-0.3, -0.25) is 20.0 Å². The molecule has 0 unspecified atom stereocenters. The van der Waals surface area contributed by atoms with Crippen LogP contribution in [0.15, 0.2) is 53.6 Å². The van der Waals surface area contributed by atoms with Crippen molar-refractivity contribution in [3.8, 4) is 34.5 Å². The lowest BCUT2D eigenvalue weighted by atomic mass is 9.65. The number of fused-ring (bicyclic) bond motifs is 4. The molecule has 3 aliphatic rings. The number of nitrogens with one attached hydrogen (secondary N) is 2. The van der Waals surface area contributed by atoms with Crippen LogP contribution in [-0.2, 0) is 14.3 Å². The summed E-state index contributed by atoms with van der Waals surface area (Å²) in [5.74, 6) is 6.53. The second-order valence-corrected chi connectivity index (χ2v) is 11.3. The van der Waals surface area contributed by atoms with Crippen LogP contribution in [0.2, 0.25) is 0 Å². The number of hydrogen-bond acceptors (Lipinski definition) is 12. The number of carbonyl (C=O) groups is 2. The van der Waals surface area contributed by atoms with Gasteiger partial charge in [-0.05, 0) is 59.7 Å². The lowest BCUT2D eigenvalue weighted by molar-refractivity contribution is -0.127. The van der Waals surface area contributed by atoms with Crippen LogP contribution in [0.25, 0.3) is 0 Å². The molecular weight excluding hydrogens is 622 g/mol. The van der Waals surface area contributed by atoms with Crippen LogP contribution in [0.3, 0.4) is 0 Å². The third-order valence-corrected chi connectivity index (χ3v) is 8.80. The molecule has 0 saturated heterocycles. The minimum absolute atomic E-state index is 0.0950. The first-order valence-electron chi connectivity index (χ1n) is 15.5. The number of amides is 2. The first kappa shape index (κ1) is 32.7. The Labute approximate surface area is 278 Å². The van der Waals surface area contributed by atoms with Crippen LogP contribution >= 0.6 is 0 Å². The Bertz CT molecular complexity index is 1670. The SMILES string of the molecule is COc1ccc(N2C[C@@H]3C(=N2)c2cc4c(cc2[C@@H](c2cc(OC)c(OC)c(OC)c2)[C@H]3C(=O)NCCOCCC(=O)NN)OCO4)cc1. The van der Waals surface area contributed by atoms with Crippen molar-refractivity contribution < 1.29 is 42.7 Å². The molecule has 254 valence electrons. The maximum absolute atomic E-state index is 14.4. The lowest BCUT2D eigenvalue weighted by Gasteiger charge is -2.38. The van der Waals surface area contributed by atoms with E-state index in [-0.39, 0.29) is 50.7 Å². The summed E-state index contributed by atoms with van der Waals surface area (Å²) >= 11 is 0. The van der Waals surface area contributed by atoms with Crippen molar-refractivity contribution in [1.29, 1.82) is 0 Å². The van der Waals surface area contributed by atoms with Gasteiger partial charge in [0.2, 0.25) is 24.4 Å². The molecular formula is C34H39N5O9. The first-order chi connectivity index (χ1) is 23.4. The Kier molecular flexibility index (Phi) is 9.73. The smallest absolute Gasteiger partial charge is 0.236 e. The number of carbonyl (C=O) groups excluding carboxylic acids is 2. The number of rotatable bonds is 13. The van der Waals surface area contributed by atoms with Gasteiger partial charge in [-0.1, -0.05) is 0 Å². The molecule has 14 heteroatoms. The van der Waals surface area contributed by atoms with E-state index in [4.69, 9.17) is 44.1 Å². The summed E-state index contributed by atoms with van der Waals surface area (Å²) in [7, 11) is 6.29. The molecule has 3 aromatic rings. The normalized spacial score (nSPS) is 18.7. The van der Waals surface area contributed by atoms with Gasteiger partial charge < -0.3 is 38.5 Å². The van der Waals surface area contributed by atoms with Crippen molar-refractivity contribution in [3.05, 3.63) is 65.2 Å². The van der Waals surface area contributed by atoms with E-state index in [0.29, 0.717) is 35.3 Å². The average molecular weight is 662 g/mol. The van der Waals surface area contributed by atoms with Crippen molar-refractivity contribution in [2.45, 2.75) is 12.3 Å². The molecule has 2 amide bonds. The fourth-order valence-corrected chi connectivity index (χ4v) is 6.54. The van der Waals surface area contributed by atoms with Gasteiger partial charge in [0, 0.05) is 23.9 Å². The number of methoxy groups -OCH3 is 4. The maximum Gasteiger partial charge on any atom is 0.236 e. The van der Waals surface area contributed by atoms with Gasteiger partial charge in [0.1, 0.15) is 5.75 Å². The quantitative estimate of drug-likeness (QED) is 0.107. The van der Waals surface area contributed by atoms with Gasteiger partial charge in [-0.15, -0.1) is 0 Å². The molecule has 0 bridgehead atoms. The second kappa shape index (κ2) is 14.3. The van der Waals surface area contributed by atoms with Crippen molar-refractivity contribution in [2.75, 3.05) is 66.5 Å². The minimum atomic E-state index is -0.620. The van der Waals surface area contributed by atoms with E-state index >= 15 is 0 Å². The lowest BCUT2D eigenvalue weighted by Crippen LogP contribution is -2.46. The van der Waals surface area contributed by atoms with Gasteiger partial charge in [0.25, 0.3) is 0 Å². The van der Waals surface area contributed by atoms with Crippen molar-refractivity contribution >= 4 is 23.2 Å². The second-order valence-electron chi connectivity index (χ2n) is 11.3. The zero-order valence-electron chi connectivity index (χ0n) is 27.2. The molecule has 1 aliphatic carbocycles. The van der Waals surface area contributed by atoms with Gasteiger partial charge in [0.15, 0.2) is 23.0 Å². The molecule has 48 heavy (non-hydrogen) atoms. The highest BCUT2D eigenvalue weighted by Gasteiger charge is 2.49. The standard InChI is InChI=1S/C34H39N5O9/c1-42-21-7-5-20(6-8-21)39-17-24-31(34(41)36-10-12-46-11-9-29(40)37-35)30(19-13-27(43-2)33(45-4)28(14-19)44-3)22-15-25-26(48-18-47-25)16-23(22)32(24)38-39/h5-8,13-16,24,30-31H,9-12,17-18,35H2,1-4H3,(H,36,41)(H,37,40)/t24-,30+,31-/m0/s1. The van der Waals surface area contributed by atoms with Crippen molar-refractivity contribution in [1.82, 2.24) is 10.7 Å². The summed E-state index contributed by atoms with van der Waals surface area (Å²) in [5.41, 5.74) is 6.21. The van der Waals surface area contributed by atoms with Crippen LogP contribution < -0.4 is 50.0 Å². The Balaban J connectivity index is 1.42. The van der Waals surface area contributed by atoms with E-state index in [1.807, 2.05) is 53.5 Å². The molecule has 6 rings (SSSR count). The van der Waals surface area contributed by atoms with Gasteiger partial charge in [-0.2, -0.15) is 5.10 Å². The molecule has 0 saturated carbocycles. The number of hydrazone groups is 1. The highest BCUT2D eigenvalue weighted by Crippen LogP contribution is 2.52. The Hall–Kier alpha value is -5.21. The topological polar surface area (TPSA) is 164 Å². The molecule has 4 N–H and O–H groups in total. The summed E-state index contributed by atoms with van der Waals surface area (Å²) in [6.45, 7) is 1.16. The molecule has 2 aliphatic heterocycles. The monoisotopic (exact) mass is 661 g/mol. The summed E-state index contributed by atoms with van der Waals surface area (Å²) in [6, 6.07) is 15.3. The third kappa shape index (κ3) is 6.23. The fourth-order valence-electron chi connectivity index (χ4n) is 6.54. The highest BCUT2D eigenvalue weighted by atomic mass is 16.7. The average Bonchev–Trinajstić information content (AvgIpc) is 3.78. The van der Waals surface area contributed by atoms with Crippen LogP contribution in [0, 0.1) is 11.8 Å². The number of nitrogens with zero attached hydrogens (tertiary/aromatic N) is 2. The molecule has 0 aromatic heterocycles. The predicted octanol–water partition coefficient (Wildman–Crippen LogP) is 2.56. The Morgan fingerprint density at radius 3 is 2.29 bits per heavy atom. The molecule has 3 atom stereocenters. The molecule has 0 fully saturated rings. The molecule has 14 nitrogen and oxygen atoms in total. The summed E-state index contributed by atoms with van der Waals surface area (Å²) < 4.78 is 39.6. The van der Waals surface area contributed by atoms with E-state index < -0.39 is 11.8 Å². The van der Waals surface area contributed by atoms with Gasteiger partial charge in [-0.25, -0.2) is 5.84 Å². The Morgan fingerprint density at radius 1 is 0.938 bits per heavy atom. The Morgan fingerprint density at radius 2 is 1.65 bits per heavy atom. The van der Waals surface area contributed by atoms with E-state index in [0.717, 1.165) is 33.8 Å². The van der Waals surface area contributed by atoms with Gasteiger partial charge in [0.05, 0.1) is 71.9 Å². The van der Waals surface area contributed by atoms with Crippen LogP contribution in [-0.4, -0.2) is 79.1 Å². The van der Waals surface area contributed by atoms with Crippen LogP contribution in [0.1, 0.15) is 29.0 Å². The number of hydrazine groups is 1. The van der Waals surface area contributed by atoms with Crippen LogP contribution in [0.5, 0.6) is 34.5 Å². The van der Waals surface area contributed by atoms with E-state index in [9.17, 15) is 9.59 Å². The zero-order chi connectivity index (χ0) is 33.8.